The molecule has 0 bridgehead atoms. The van der Waals surface area contributed by atoms with E-state index in [1.807, 2.05) is 0 Å². The molecular formula is C7H10F5NO3S. The van der Waals surface area contributed by atoms with Crippen molar-refractivity contribution in [2.24, 2.45) is 0 Å². The summed E-state index contributed by atoms with van der Waals surface area (Å²) in [4.78, 5) is 0. The average molecular weight is 283 g/mol. The molecule has 17 heavy (non-hydrogen) atoms. The molecule has 0 aromatic rings. The van der Waals surface area contributed by atoms with E-state index < -0.39 is 53.5 Å². The molecule has 102 valence electrons. The van der Waals surface area contributed by atoms with Crippen LogP contribution in [-0.4, -0.2) is 48.5 Å². The Bertz CT molecular complexity index is 371. The second-order valence-corrected chi connectivity index (χ2v) is 5.64. The van der Waals surface area contributed by atoms with E-state index in [0.717, 1.165) is 0 Å². The Kier molecular flexibility index (Phi) is 3.71. The van der Waals surface area contributed by atoms with Crippen molar-refractivity contribution in [2.75, 3.05) is 13.1 Å². The van der Waals surface area contributed by atoms with Crippen LogP contribution in [0.25, 0.3) is 0 Å². The third-order valence-electron chi connectivity index (χ3n) is 2.66. The van der Waals surface area contributed by atoms with Gasteiger partial charge in [0.1, 0.15) is 0 Å². The van der Waals surface area contributed by atoms with Gasteiger partial charge in [0.15, 0.2) is 5.60 Å². The second-order valence-electron chi connectivity index (χ2n) is 3.73. The summed E-state index contributed by atoms with van der Waals surface area (Å²) in [5, 5.41) is 9.20. The van der Waals surface area contributed by atoms with Crippen LogP contribution in [0.4, 0.5) is 22.0 Å². The number of hydrogen-bond acceptors (Lipinski definition) is 3. The molecule has 1 N–H and O–H groups in total. The first-order valence-electron chi connectivity index (χ1n) is 4.57. The van der Waals surface area contributed by atoms with E-state index in [9.17, 15) is 35.5 Å². The normalized spacial score (nSPS) is 23.0. The van der Waals surface area contributed by atoms with E-state index in [-0.39, 0.29) is 4.31 Å². The van der Waals surface area contributed by atoms with Gasteiger partial charge in [0.05, 0.1) is 0 Å². The molecule has 10 heteroatoms. The lowest BCUT2D eigenvalue weighted by Crippen LogP contribution is -2.54. The number of rotatable bonds is 2. The van der Waals surface area contributed by atoms with Crippen LogP contribution < -0.4 is 0 Å². The number of sulfonamides is 1. The van der Waals surface area contributed by atoms with Crippen molar-refractivity contribution in [1.29, 1.82) is 0 Å². The molecule has 1 aliphatic rings. The molecule has 0 atom stereocenters. The number of aliphatic hydroxyl groups is 1. The summed E-state index contributed by atoms with van der Waals surface area (Å²) in [6, 6.07) is 0. The molecule has 0 aliphatic carbocycles. The molecule has 0 aromatic carbocycles. The van der Waals surface area contributed by atoms with E-state index in [1.165, 1.54) is 0 Å². The van der Waals surface area contributed by atoms with Crippen molar-refractivity contribution in [2.45, 2.75) is 30.4 Å². The van der Waals surface area contributed by atoms with Crippen molar-refractivity contribution in [3.05, 3.63) is 0 Å². The zero-order valence-electron chi connectivity index (χ0n) is 8.41. The Balaban J connectivity index is 2.77. The molecule has 1 saturated heterocycles. The van der Waals surface area contributed by atoms with E-state index >= 15 is 0 Å². The molecule has 1 rings (SSSR count). The van der Waals surface area contributed by atoms with Crippen LogP contribution in [0.15, 0.2) is 0 Å². The Morgan fingerprint density at radius 1 is 1.18 bits per heavy atom. The molecule has 0 aromatic heterocycles. The molecule has 0 spiro atoms. The van der Waals surface area contributed by atoms with Gasteiger partial charge >= 0.3 is 11.9 Å². The highest BCUT2D eigenvalue weighted by Crippen LogP contribution is 2.39. The lowest BCUT2D eigenvalue weighted by atomic mass is 9.92. The summed E-state index contributed by atoms with van der Waals surface area (Å²) in [6.07, 6.45) is -6.78. The lowest BCUT2D eigenvalue weighted by Gasteiger charge is -2.38. The number of hydrogen-bond donors (Lipinski definition) is 1. The summed E-state index contributed by atoms with van der Waals surface area (Å²) < 4.78 is 83.4. The van der Waals surface area contributed by atoms with Gasteiger partial charge in [0, 0.05) is 13.1 Å². The number of alkyl halides is 5. The predicted molar refractivity (Wildman–Crippen MR) is 46.7 cm³/mol. The van der Waals surface area contributed by atoms with Crippen LogP contribution in [0, 0.1) is 0 Å². The van der Waals surface area contributed by atoms with Gasteiger partial charge in [0.2, 0.25) is 0 Å². The summed E-state index contributed by atoms with van der Waals surface area (Å²) in [6.45, 7) is -1.55. The van der Waals surface area contributed by atoms with Crippen molar-refractivity contribution in [3.8, 4) is 0 Å². The maximum atomic E-state index is 12.3. The second kappa shape index (κ2) is 4.32. The molecule has 4 nitrogen and oxygen atoms in total. The number of halogens is 5. The van der Waals surface area contributed by atoms with Crippen LogP contribution in [0.5, 0.6) is 0 Å². The van der Waals surface area contributed by atoms with Gasteiger partial charge in [0.25, 0.3) is 10.0 Å². The highest BCUT2D eigenvalue weighted by atomic mass is 32.2. The fourth-order valence-corrected chi connectivity index (χ4v) is 2.42. The van der Waals surface area contributed by atoms with Crippen molar-refractivity contribution >= 4 is 10.0 Å². The molecule has 0 saturated carbocycles. The summed E-state index contributed by atoms with van der Waals surface area (Å²) in [5.41, 5.74) is -3.00. The van der Waals surface area contributed by atoms with Gasteiger partial charge < -0.3 is 5.11 Å². The zero-order valence-corrected chi connectivity index (χ0v) is 9.23. The summed E-state index contributed by atoms with van der Waals surface area (Å²) >= 11 is 0. The highest BCUT2D eigenvalue weighted by molar-refractivity contribution is 7.89. The van der Waals surface area contributed by atoms with E-state index in [0.29, 0.717) is 0 Å². The number of piperidine rings is 1. The summed E-state index contributed by atoms with van der Waals surface area (Å²) in [5.74, 6) is -3.67. The minimum absolute atomic E-state index is 0.262. The minimum atomic E-state index is -4.90. The highest BCUT2D eigenvalue weighted by Gasteiger charge is 2.55. The van der Waals surface area contributed by atoms with Crippen molar-refractivity contribution < 1.29 is 35.5 Å². The van der Waals surface area contributed by atoms with Gasteiger partial charge in [-0.25, -0.2) is 8.42 Å². The van der Waals surface area contributed by atoms with Gasteiger partial charge in [-0.15, -0.1) is 0 Å². The average Bonchev–Trinajstić information content (AvgIpc) is 2.16. The Labute approximate surface area is 94.1 Å². The van der Waals surface area contributed by atoms with Gasteiger partial charge in [-0.2, -0.15) is 26.3 Å². The summed E-state index contributed by atoms with van der Waals surface area (Å²) in [7, 11) is -4.87. The third kappa shape index (κ3) is 2.68. The van der Waals surface area contributed by atoms with Crippen LogP contribution in [0.2, 0.25) is 0 Å². The largest absolute Gasteiger partial charge is 0.417 e. The standard InChI is InChI=1S/C7H10F5NO3S/c8-5(9)17(15,16)13-3-1-6(14,2-4-13)7(10,11)12/h5,14H,1-4H2. The Hall–Kier alpha value is -0.480. The quantitative estimate of drug-likeness (QED) is 0.767. The number of nitrogens with zero attached hydrogens (tertiary/aromatic N) is 1. The van der Waals surface area contributed by atoms with Gasteiger partial charge in [-0.1, -0.05) is 0 Å². The van der Waals surface area contributed by atoms with Crippen LogP contribution in [0.1, 0.15) is 12.8 Å². The first-order valence-corrected chi connectivity index (χ1v) is 6.07. The first kappa shape index (κ1) is 14.6. The maximum absolute atomic E-state index is 12.3. The Morgan fingerprint density at radius 2 is 1.59 bits per heavy atom. The molecule has 0 unspecified atom stereocenters. The Morgan fingerprint density at radius 3 is 1.88 bits per heavy atom. The fourth-order valence-electron chi connectivity index (χ4n) is 1.51. The smallest absolute Gasteiger partial charge is 0.380 e. The lowest BCUT2D eigenvalue weighted by molar-refractivity contribution is -0.270. The van der Waals surface area contributed by atoms with E-state index in [2.05, 4.69) is 0 Å². The molecule has 0 radical (unpaired) electrons. The topological polar surface area (TPSA) is 57.6 Å². The molecule has 1 aliphatic heterocycles. The predicted octanol–water partition coefficient (Wildman–Crippen LogP) is 0.928. The fraction of sp³-hybridized carbons (Fsp3) is 1.00. The zero-order chi connectivity index (χ0) is 13.5. The first-order chi connectivity index (χ1) is 7.51. The maximum Gasteiger partial charge on any atom is 0.417 e. The van der Waals surface area contributed by atoms with Crippen molar-refractivity contribution in [3.63, 3.8) is 0 Å². The monoisotopic (exact) mass is 283 g/mol. The van der Waals surface area contributed by atoms with E-state index in [4.69, 9.17) is 0 Å². The van der Waals surface area contributed by atoms with Crippen LogP contribution in [0.3, 0.4) is 0 Å². The van der Waals surface area contributed by atoms with Crippen LogP contribution >= 0.6 is 0 Å². The van der Waals surface area contributed by atoms with Gasteiger partial charge in [-0.3, -0.25) is 0 Å². The third-order valence-corrected chi connectivity index (χ3v) is 4.20. The van der Waals surface area contributed by atoms with E-state index in [1.54, 1.807) is 0 Å². The molecule has 1 fully saturated rings. The van der Waals surface area contributed by atoms with Gasteiger partial charge in [-0.05, 0) is 12.8 Å². The van der Waals surface area contributed by atoms with Crippen molar-refractivity contribution in [1.82, 2.24) is 4.31 Å². The molecular weight excluding hydrogens is 273 g/mol. The molecule has 0 amide bonds. The SMILES string of the molecule is O=S(=O)(C(F)F)N1CCC(O)(C(F)(F)F)CC1. The minimum Gasteiger partial charge on any atom is -0.380 e. The van der Waals surface area contributed by atoms with Crippen LogP contribution in [-0.2, 0) is 10.0 Å². The molecule has 1 heterocycles.